The highest BCUT2D eigenvalue weighted by molar-refractivity contribution is 5.91. The molecule has 0 aliphatic carbocycles. The molecule has 0 aliphatic rings. The van der Waals surface area contributed by atoms with Crippen molar-refractivity contribution in [2.75, 3.05) is 6.61 Å². The van der Waals surface area contributed by atoms with Crippen LogP contribution in [0.25, 0.3) is 5.82 Å². The van der Waals surface area contributed by atoms with Gasteiger partial charge in [0.1, 0.15) is 0 Å². The number of hydrogen-bond donors (Lipinski definition) is 0. The summed E-state index contributed by atoms with van der Waals surface area (Å²) in [5.74, 6) is -0.212. The second-order valence-corrected chi connectivity index (χ2v) is 7.42. The number of nitrogens with zero attached hydrogens (tertiary/aromatic N) is 4. The molecule has 0 saturated heterocycles. The van der Waals surface area contributed by atoms with Crippen LogP contribution < -0.4 is 0 Å². The highest BCUT2D eigenvalue weighted by Gasteiger charge is 2.20. The van der Waals surface area contributed by atoms with E-state index in [2.05, 4.69) is 10.1 Å². The van der Waals surface area contributed by atoms with E-state index in [9.17, 15) is 9.59 Å². The van der Waals surface area contributed by atoms with Gasteiger partial charge in [-0.1, -0.05) is 30.3 Å². The van der Waals surface area contributed by atoms with E-state index in [1.54, 1.807) is 21.7 Å². The zero-order valence-corrected chi connectivity index (χ0v) is 17.7. The van der Waals surface area contributed by atoms with Crippen LogP contribution in [0.15, 0.2) is 54.7 Å². The first-order valence-corrected chi connectivity index (χ1v) is 9.85. The summed E-state index contributed by atoms with van der Waals surface area (Å²) in [6, 6.07) is 15.0. The molecule has 0 fully saturated rings. The lowest BCUT2D eigenvalue weighted by Gasteiger charge is -2.26. The van der Waals surface area contributed by atoms with Gasteiger partial charge in [-0.15, -0.1) is 0 Å². The number of rotatable bonds is 7. The standard InChI is InChI=1S/C23H26N4O3/c1-16(2)26(14-19-8-6-5-7-9-19)22(28)15-30-23(29)20-10-11-21(24-13-20)27-18(4)12-17(3)25-27/h5-13,16H,14-15H2,1-4H3. The highest BCUT2D eigenvalue weighted by atomic mass is 16.5. The molecule has 0 atom stereocenters. The van der Waals surface area contributed by atoms with Gasteiger partial charge in [-0.3, -0.25) is 4.79 Å². The minimum Gasteiger partial charge on any atom is -0.452 e. The van der Waals surface area contributed by atoms with Crippen molar-refractivity contribution in [2.45, 2.75) is 40.3 Å². The third kappa shape index (κ3) is 5.11. The first kappa shape index (κ1) is 21.2. The molecular formula is C23H26N4O3. The lowest BCUT2D eigenvalue weighted by molar-refractivity contribution is -0.136. The Morgan fingerprint density at radius 3 is 2.40 bits per heavy atom. The van der Waals surface area contributed by atoms with Gasteiger partial charge in [0.05, 0.1) is 11.3 Å². The molecule has 0 aliphatic heterocycles. The molecule has 0 bridgehead atoms. The molecule has 3 rings (SSSR count). The lowest BCUT2D eigenvalue weighted by Crippen LogP contribution is -2.39. The second kappa shape index (κ2) is 9.35. The van der Waals surface area contributed by atoms with Gasteiger partial charge in [-0.2, -0.15) is 5.10 Å². The third-order valence-electron chi connectivity index (χ3n) is 4.68. The maximum Gasteiger partial charge on any atom is 0.340 e. The number of carbonyl (C=O) groups excluding carboxylic acids is 2. The summed E-state index contributed by atoms with van der Waals surface area (Å²) in [6.45, 7) is 7.86. The van der Waals surface area contributed by atoms with Gasteiger partial charge in [0.15, 0.2) is 12.4 Å². The lowest BCUT2D eigenvalue weighted by atomic mass is 10.2. The molecule has 7 heteroatoms. The van der Waals surface area contributed by atoms with Gasteiger partial charge >= 0.3 is 5.97 Å². The molecule has 156 valence electrons. The summed E-state index contributed by atoms with van der Waals surface area (Å²) in [4.78, 5) is 31.0. The predicted molar refractivity (Wildman–Crippen MR) is 113 cm³/mol. The summed E-state index contributed by atoms with van der Waals surface area (Å²) in [6.07, 6.45) is 1.43. The molecule has 1 aromatic carbocycles. The Kier molecular flexibility index (Phi) is 6.61. The summed E-state index contributed by atoms with van der Waals surface area (Å²) < 4.78 is 6.95. The Balaban J connectivity index is 1.61. The summed E-state index contributed by atoms with van der Waals surface area (Å²) in [5, 5.41) is 4.37. The average molecular weight is 406 g/mol. The van der Waals surface area contributed by atoms with Crippen molar-refractivity contribution < 1.29 is 14.3 Å². The molecule has 1 amide bonds. The van der Waals surface area contributed by atoms with Crippen molar-refractivity contribution in [3.63, 3.8) is 0 Å². The zero-order valence-electron chi connectivity index (χ0n) is 17.7. The van der Waals surface area contributed by atoms with E-state index in [1.807, 2.05) is 64.1 Å². The summed E-state index contributed by atoms with van der Waals surface area (Å²) >= 11 is 0. The molecule has 0 spiro atoms. The van der Waals surface area contributed by atoms with E-state index in [1.165, 1.54) is 6.20 Å². The van der Waals surface area contributed by atoms with Crippen LogP contribution in [0.3, 0.4) is 0 Å². The molecule has 2 aromatic heterocycles. The fourth-order valence-electron chi connectivity index (χ4n) is 3.13. The number of benzene rings is 1. The largest absolute Gasteiger partial charge is 0.452 e. The van der Waals surface area contributed by atoms with Gasteiger partial charge < -0.3 is 9.64 Å². The van der Waals surface area contributed by atoms with Crippen LogP contribution >= 0.6 is 0 Å². The molecule has 7 nitrogen and oxygen atoms in total. The van der Waals surface area contributed by atoms with Crippen LogP contribution in [0, 0.1) is 13.8 Å². The van der Waals surface area contributed by atoms with Crippen molar-refractivity contribution in [2.24, 2.45) is 0 Å². The minimum absolute atomic E-state index is 0.0156. The Morgan fingerprint density at radius 1 is 1.10 bits per heavy atom. The first-order chi connectivity index (χ1) is 14.3. The second-order valence-electron chi connectivity index (χ2n) is 7.42. The number of ether oxygens (including phenoxy) is 1. The zero-order chi connectivity index (χ0) is 21.7. The van der Waals surface area contributed by atoms with Crippen molar-refractivity contribution >= 4 is 11.9 Å². The SMILES string of the molecule is Cc1cc(C)n(-c2ccc(C(=O)OCC(=O)N(Cc3ccccc3)C(C)C)cn2)n1. The maximum atomic E-state index is 12.6. The maximum absolute atomic E-state index is 12.6. The summed E-state index contributed by atoms with van der Waals surface area (Å²) in [7, 11) is 0. The van der Waals surface area contributed by atoms with Crippen LogP contribution in [0.5, 0.6) is 0 Å². The van der Waals surface area contributed by atoms with Crippen LogP contribution in [-0.4, -0.2) is 44.2 Å². The van der Waals surface area contributed by atoms with E-state index >= 15 is 0 Å². The van der Waals surface area contributed by atoms with Gasteiger partial charge in [0.2, 0.25) is 0 Å². The van der Waals surface area contributed by atoms with Crippen LogP contribution in [0.1, 0.15) is 41.2 Å². The number of hydrogen-bond acceptors (Lipinski definition) is 5. The molecule has 2 heterocycles. The normalized spacial score (nSPS) is 10.8. The number of pyridine rings is 1. The van der Waals surface area contributed by atoms with Crippen molar-refractivity contribution in [1.29, 1.82) is 0 Å². The first-order valence-electron chi connectivity index (χ1n) is 9.85. The molecular weight excluding hydrogens is 380 g/mol. The average Bonchev–Trinajstić information content (AvgIpc) is 3.08. The minimum atomic E-state index is -0.584. The van der Waals surface area contributed by atoms with Crippen molar-refractivity contribution in [3.8, 4) is 5.82 Å². The van der Waals surface area contributed by atoms with E-state index in [-0.39, 0.29) is 24.1 Å². The number of amides is 1. The number of aryl methyl sites for hydroxylation is 2. The molecule has 0 unspecified atom stereocenters. The highest BCUT2D eigenvalue weighted by Crippen LogP contribution is 2.12. The summed E-state index contributed by atoms with van der Waals surface area (Å²) in [5.41, 5.74) is 3.15. The number of carbonyl (C=O) groups is 2. The molecule has 30 heavy (non-hydrogen) atoms. The Labute approximate surface area is 176 Å². The van der Waals surface area contributed by atoms with Gasteiger partial charge in [-0.05, 0) is 51.5 Å². The van der Waals surface area contributed by atoms with Crippen LogP contribution in [0.2, 0.25) is 0 Å². The monoisotopic (exact) mass is 406 g/mol. The van der Waals surface area contributed by atoms with Gasteiger partial charge in [0, 0.05) is 24.5 Å². The third-order valence-corrected chi connectivity index (χ3v) is 4.68. The van der Waals surface area contributed by atoms with E-state index in [0.717, 1.165) is 17.0 Å². The molecule has 0 radical (unpaired) electrons. The van der Waals surface area contributed by atoms with Crippen LogP contribution in [-0.2, 0) is 16.1 Å². The van der Waals surface area contributed by atoms with E-state index in [4.69, 9.17) is 4.74 Å². The van der Waals surface area contributed by atoms with Gasteiger partial charge in [0.25, 0.3) is 5.91 Å². The fraction of sp³-hybridized carbons (Fsp3) is 0.304. The predicted octanol–water partition coefficient (Wildman–Crippen LogP) is 3.48. The number of aromatic nitrogens is 3. The molecule has 0 N–H and O–H groups in total. The fourth-order valence-corrected chi connectivity index (χ4v) is 3.13. The topological polar surface area (TPSA) is 77.3 Å². The Bertz CT molecular complexity index is 1010. The smallest absolute Gasteiger partial charge is 0.340 e. The van der Waals surface area contributed by atoms with Crippen LogP contribution in [0.4, 0.5) is 0 Å². The Hall–Kier alpha value is -3.48. The molecule has 0 saturated carbocycles. The van der Waals surface area contributed by atoms with Gasteiger partial charge in [-0.25, -0.2) is 14.5 Å². The molecule has 3 aromatic rings. The van der Waals surface area contributed by atoms with E-state index in [0.29, 0.717) is 12.4 Å². The quantitative estimate of drug-likeness (QED) is 0.562. The Morgan fingerprint density at radius 2 is 1.83 bits per heavy atom. The van der Waals surface area contributed by atoms with E-state index < -0.39 is 5.97 Å². The van der Waals surface area contributed by atoms with Crippen molar-refractivity contribution in [3.05, 3.63) is 77.2 Å². The number of esters is 1. The van der Waals surface area contributed by atoms with Crippen molar-refractivity contribution in [1.82, 2.24) is 19.7 Å².